The average Bonchev–Trinajstić information content (AvgIpc) is 2.26. The largest absolute Gasteiger partial charge is 0.379 e. The molecule has 3 heteroatoms. The Bertz CT molecular complexity index is 131. The highest BCUT2D eigenvalue weighted by atomic mass is 16.5. The zero-order chi connectivity index (χ0) is 10.2. The summed E-state index contributed by atoms with van der Waals surface area (Å²) in [5, 5.41) is 0. The molecular formula is C11H24N2O. The molecule has 1 aliphatic heterocycles. The minimum Gasteiger partial charge on any atom is -0.379 e. The van der Waals surface area contributed by atoms with E-state index in [9.17, 15) is 0 Å². The van der Waals surface area contributed by atoms with Crippen LogP contribution in [-0.4, -0.2) is 62.3 Å². The molecule has 1 saturated heterocycles. The Morgan fingerprint density at radius 3 is 2.36 bits per heavy atom. The predicted molar refractivity (Wildman–Crippen MR) is 59.7 cm³/mol. The third kappa shape index (κ3) is 4.40. The van der Waals surface area contributed by atoms with Crippen LogP contribution in [0.25, 0.3) is 0 Å². The first kappa shape index (κ1) is 12.0. The number of hydrogen-bond donors (Lipinski definition) is 0. The van der Waals surface area contributed by atoms with E-state index >= 15 is 0 Å². The summed E-state index contributed by atoms with van der Waals surface area (Å²) >= 11 is 0. The van der Waals surface area contributed by atoms with Gasteiger partial charge >= 0.3 is 0 Å². The first-order chi connectivity index (χ1) is 6.86. The Hall–Kier alpha value is -0.120. The first-order valence-corrected chi connectivity index (χ1v) is 5.89. The van der Waals surface area contributed by atoms with Crippen molar-refractivity contribution in [1.82, 2.24) is 9.80 Å². The lowest BCUT2D eigenvalue weighted by atomic mass is 10.3. The molecule has 0 bridgehead atoms. The molecular weight excluding hydrogens is 176 g/mol. The molecule has 0 radical (unpaired) electrons. The lowest BCUT2D eigenvalue weighted by Gasteiger charge is -2.27. The second-order valence-electron chi connectivity index (χ2n) is 3.83. The topological polar surface area (TPSA) is 15.7 Å². The molecule has 84 valence electrons. The highest BCUT2D eigenvalue weighted by molar-refractivity contribution is 4.63. The summed E-state index contributed by atoms with van der Waals surface area (Å²) in [6.07, 6.45) is 1.29. The van der Waals surface area contributed by atoms with Gasteiger partial charge < -0.3 is 9.64 Å². The SMILES string of the molecule is CCN(CC)CCCN1CCOCC1. The number of morpholine rings is 1. The van der Waals surface area contributed by atoms with Gasteiger partial charge in [-0.3, -0.25) is 4.90 Å². The van der Waals surface area contributed by atoms with Crippen molar-refractivity contribution >= 4 is 0 Å². The monoisotopic (exact) mass is 200 g/mol. The summed E-state index contributed by atoms with van der Waals surface area (Å²) < 4.78 is 5.32. The Balaban J connectivity index is 2.01. The summed E-state index contributed by atoms with van der Waals surface area (Å²) in [6.45, 7) is 13.4. The Labute approximate surface area is 88.0 Å². The number of hydrogen-bond acceptors (Lipinski definition) is 3. The van der Waals surface area contributed by atoms with Gasteiger partial charge in [0.1, 0.15) is 0 Å². The quantitative estimate of drug-likeness (QED) is 0.637. The van der Waals surface area contributed by atoms with Crippen LogP contribution in [-0.2, 0) is 4.74 Å². The molecule has 0 N–H and O–H groups in total. The minimum absolute atomic E-state index is 0.922. The fourth-order valence-electron chi connectivity index (χ4n) is 1.88. The molecule has 3 nitrogen and oxygen atoms in total. The van der Waals surface area contributed by atoms with E-state index in [0.717, 1.165) is 26.3 Å². The maximum Gasteiger partial charge on any atom is 0.0594 e. The molecule has 1 rings (SSSR count). The fraction of sp³-hybridized carbons (Fsp3) is 1.00. The van der Waals surface area contributed by atoms with E-state index in [-0.39, 0.29) is 0 Å². The van der Waals surface area contributed by atoms with Crippen LogP contribution in [0.3, 0.4) is 0 Å². The fourth-order valence-corrected chi connectivity index (χ4v) is 1.88. The Morgan fingerprint density at radius 2 is 1.79 bits per heavy atom. The summed E-state index contributed by atoms with van der Waals surface area (Å²) in [6, 6.07) is 0. The Kier molecular flexibility index (Phi) is 6.15. The van der Waals surface area contributed by atoms with Crippen LogP contribution < -0.4 is 0 Å². The van der Waals surface area contributed by atoms with E-state index in [4.69, 9.17) is 4.74 Å². The Morgan fingerprint density at radius 1 is 1.14 bits per heavy atom. The van der Waals surface area contributed by atoms with Crippen molar-refractivity contribution in [2.24, 2.45) is 0 Å². The molecule has 0 amide bonds. The average molecular weight is 200 g/mol. The lowest BCUT2D eigenvalue weighted by molar-refractivity contribution is 0.0362. The molecule has 0 aliphatic carbocycles. The summed E-state index contributed by atoms with van der Waals surface area (Å²) in [5.74, 6) is 0. The molecule has 0 saturated carbocycles. The van der Waals surface area contributed by atoms with Gasteiger partial charge in [0.15, 0.2) is 0 Å². The third-order valence-corrected chi connectivity index (χ3v) is 2.95. The summed E-state index contributed by atoms with van der Waals surface area (Å²) in [4.78, 5) is 4.99. The van der Waals surface area contributed by atoms with Gasteiger partial charge in [-0.1, -0.05) is 13.8 Å². The van der Waals surface area contributed by atoms with Gasteiger partial charge in [-0.25, -0.2) is 0 Å². The van der Waals surface area contributed by atoms with Gasteiger partial charge in [0.2, 0.25) is 0 Å². The smallest absolute Gasteiger partial charge is 0.0594 e. The van der Waals surface area contributed by atoms with Crippen molar-refractivity contribution in [1.29, 1.82) is 0 Å². The van der Waals surface area contributed by atoms with Crippen LogP contribution in [0.4, 0.5) is 0 Å². The van der Waals surface area contributed by atoms with Gasteiger partial charge in [0.05, 0.1) is 13.2 Å². The summed E-state index contributed by atoms with van der Waals surface area (Å²) in [5.41, 5.74) is 0. The van der Waals surface area contributed by atoms with E-state index in [1.165, 1.54) is 32.6 Å². The molecule has 1 fully saturated rings. The molecule has 0 unspecified atom stereocenters. The van der Waals surface area contributed by atoms with Gasteiger partial charge in [-0.05, 0) is 32.6 Å². The molecule has 0 aromatic carbocycles. The van der Waals surface area contributed by atoms with Crippen LogP contribution in [0, 0.1) is 0 Å². The summed E-state index contributed by atoms with van der Waals surface area (Å²) in [7, 11) is 0. The second-order valence-corrected chi connectivity index (χ2v) is 3.83. The standard InChI is InChI=1S/C11H24N2O/c1-3-12(4-2)6-5-7-13-8-10-14-11-9-13/h3-11H2,1-2H3. The zero-order valence-electron chi connectivity index (χ0n) is 9.67. The highest BCUT2D eigenvalue weighted by Gasteiger charge is 2.09. The van der Waals surface area contributed by atoms with Crippen molar-refractivity contribution < 1.29 is 4.74 Å². The maximum absolute atomic E-state index is 5.32. The zero-order valence-corrected chi connectivity index (χ0v) is 9.67. The molecule has 1 aliphatic rings. The van der Waals surface area contributed by atoms with Gasteiger partial charge in [-0.2, -0.15) is 0 Å². The van der Waals surface area contributed by atoms with Gasteiger partial charge in [0.25, 0.3) is 0 Å². The van der Waals surface area contributed by atoms with E-state index < -0.39 is 0 Å². The van der Waals surface area contributed by atoms with Crippen LogP contribution in [0.5, 0.6) is 0 Å². The molecule has 14 heavy (non-hydrogen) atoms. The van der Waals surface area contributed by atoms with Crippen LogP contribution in [0.2, 0.25) is 0 Å². The third-order valence-electron chi connectivity index (χ3n) is 2.95. The second kappa shape index (κ2) is 7.21. The van der Waals surface area contributed by atoms with Crippen molar-refractivity contribution in [2.75, 3.05) is 52.5 Å². The van der Waals surface area contributed by atoms with Gasteiger partial charge in [0, 0.05) is 13.1 Å². The van der Waals surface area contributed by atoms with E-state index in [1.54, 1.807) is 0 Å². The molecule has 0 atom stereocenters. The van der Waals surface area contributed by atoms with E-state index in [1.807, 2.05) is 0 Å². The predicted octanol–water partition coefficient (Wildman–Crippen LogP) is 1.05. The van der Waals surface area contributed by atoms with Gasteiger partial charge in [-0.15, -0.1) is 0 Å². The van der Waals surface area contributed by atoms with Crippen molar-refractivity contribution in [2.45, 2.75) is 20.3 Å². The van der Waals surface area contributed by atoms with E-state index in [0.29, 0.717) is 0 Å². The van der Waals surface area contributed by atoms with Crippen LogP contribution in [0.15, 0.2) is 0 Å². The normalized spacial score (nSPS) is 19.1. The number of ether oxygens (including phenoxy) is 1. The lowest BCUT2D eigenvalue weighted by Crippen LogP contribution is -2.38. The molecule has 0 aromatic rings. The number of rotatable bonds is 6. The van der Waals surface area contributed by atoms with Crippen LogP contribution in [0.1, 0.15) is 20.3 Å². The van der Waals surface area contributed by atoms with Crippen molar-refractivity contribution in [3.05, 3.63) is 0 Å². The molecule has 1 heterocycles. The first-order valence-electron chi connectivity index (χ1n) is 5.89. The van der Waals surface area contributed by atoms with E-state index in [2.05, 4.69) is 23.6 Å². The van der Waals surface area contributed by atoms with Crippen LogP contribution >= 0.6 is 0 Å². The molecule has 0 spiro atoms. The van der Waals surface area contributed by atoms with Crippen molar-refractivity contribution in [3.63, 3.8) is 0 Å². The maximum atomic E-state index is 5.32. The minimum atomic E-state index is 0.922. The highest BCUT2D eigenvalue weighted by Crippen LogP contribution is 1.99. The van der Waals surface area contributed by atoms with Crippen molar-refractivity contribution in [3.8, 4) is 0 Å². The molecule has 0 aromatic heterocycles. The number of nitrogens with zero attached hydrogens (tertiary/aromatic N) is 2.